The summed E-state index contributed by atoms with van der Waals surface area (Å²) in [4.78, 5) is 40.3. The number of ether oxygens (including phenoxy) is 1. The summed E-state index contributed by atoms with van der Waals surface area (Å²) < 4.78 is 32.9. The number of nitrogens with one attached hydrogen (secondary N) is 1. The lowest BCUT2D eigenvalue weighted by Gasteiger charge is -2.33. The predicted octanol–water partition coefficient (Wildman–Crippen LogP) is 2.30. The topological polar surface area (TPSA) is 160 Å². The molecule has 1 saturated heterocycles. The number of hydrogen-bond donors (Lipinski definition) is 2. The van der Waals surface area contributed by atoms with Crippen molar-refractivity contribution in [1.82, 2.24) is 10.2 Å². The number of piperidine rings is 1. The lowest BCUT2D eigenvalue weighted by molar-refractivity contribution is -0.151. The van der Waals surface area contributed by atoms with Gasteiger partial charge in [0.25, 0.3) is 5.91 Å². The largest absolute Gasteiger partial charge is 0.466 e. The normalized spacial score (nSPS) is 15.5. The van der Waals surface area contributed by atoms with E-state index in [0.717, 1.165) is 5.39 Å². The summed E-state index contributed by atoms with van der Waals surface area (Å²) in [6, 6.07) is 19.1. The molecule has 2 atom stereocenters. The number of benzene rings is 3. The fourth-order valence-electron chi connectivity index (χ4n) is 4.81. The number of amides is 2. The van der Waals surface area contributed by atoms with E-state index in [-0.39, 0.29) is 42.9 Å². The van der Waals surface area contributed by atoms with Gasteiger partial charge in [-0.05, 0) is 66.8 Å². The summed E-state index contributed by atoms with van der Waals surface area (Å²) >= 11 is 0. The molecule has 3 aromatic rings. The highest BCUT2D eigenvalue weighted by Crippen LogP contribution is 2.25. The summed E-state index contributed by atoms with van der Waals surface area (Å²) in [5.41, 5.74) is 7.26. The Morgan fingerprint density at radius 1 is 1.05 bits per heavy atom. The lowest BCUT2D eigenvalue weighted by Crippen LogP contribution is -2.57. The van der Waals surface area contributed by atoms with Gasteiger partial charge in [-0.2, -0.15) is 5.26 Å². The number of nitrogens with zero attached hydrogens (tertiary/aromatic N) is 2. The van der Waals surface area contributed by atoms with Crippen LogP contribution in [0.5, 0.6) is 0 Å². The molecule has 1 aliphatic heterocycles. The van der Waals surface area contributed by atoms with E-state index in [4.69, 9.17) is 15.7 Å². The van der Waals surface area contributed by atoms with E-state index >= 15 is 0 Å². The Balaban J connectivity index is 1.58. The number of fused-ring (bicyclic) bond motifs is 1. The Labute approximate surface area is 239 Å². The van der Waals surface area contributed by atoms with Crippen LogP contribution in [-0.2, 0) is 35.4 Å². The molecule has 1 heterocycles. The molecule has 0 spiro atoms. The Kier molecular flexibility index (Phi) is 9.37. The summed E-state index contributed by atoms with van der Waals surface area (Å²) in [7, 11) is -4.40. The standard InChI is InChI=1S/C30H32N4O6S/c1-2-40-30(37)23-13-15-34(16-14-23)29(36)28(33-27(35)26(32)17-20-7-9-21(19-31)10-8-20)41(38,39)25-12-11-22-5-3-4-6-24(22)18-25/h3-12,18,23,26,28H,2,13-17,32H2,1H3,(H,33,35)/t26-,28?/m0/s1. The molecule has 41 heavy (non-hydrogen) atoms. The van der Waals surface area contributed by atoms with Crippen LogP contribution in [0.15, 0.2) is 71.6 Å². The third-order valence-corrected chi connectivity index (χ3v) is 9.01. The van der Waals surface area contributed by atoms with E-state index in [9.17, 15) is 22.8 Å². The summed E-state index contributed by atoms with van der Waals surface area (Å²) in [6.07, 6.45) is 0.707. The van der Waals surface area contributed by atoms with Gasteiger partial charge in [-0.15, -0.1) is 0 Å². The minimum Gasteiger partial charge on any atom is -0.466 e. The summed E-state index contributed by atoms with van der Waals surface area (Å²) in [5.74, 6) is -2.33. The molecule has 11 heteroatoms. The average Bonchev–Trinajstić information content (AvgIpc) is 2.99. The molecule has 3 aromatic carbocycles. The van der Waals surface area contributed by atoms with Crippen molar-refractivity contribution in [3.05, 3.63) is 77.9 Å². The van der Waals surface area contributed by atoms with Gasteiger partial charge in [-0.3, -0.25) is 14.4 Å². The van der Waals surface area contributed by atoms with Gasteiger partial charge in [0.1, 0.15) is 0 Å². The highest BCUT2D eigenvalue weighted by atomic mass is 32.2. The molecule has 0 aliphatic carbocycles. The average molecular weight is 577 g/mol. The van der Waals surface area contributed by atoms with Crippen molar-refractivity contribution in [3.8, 4) is 6.07 Å². The Morgan fingerprint density at radius 2 is 1.71 bits per heavy atom. The van der Waals surface area contributed by atoms with Gasteiger partial charge in [0.15, 0.2) is 0 Å². The van der Waals surface area contributed by atoms with Crippen molar-refractivity contribution in [3.63, 3.8) is 0 Å². The third kappa shape index (κ3) is 6.90. The van der Waals surface area contributed by atoms with Gasteiger partial charge in [0, 0.05) is 13.1 Å². The molecule has 3 N–H and O–H groups in total. The van der Waals surface area contributed by atoms with E-state index in [1.54, 1.807) is 49.4 Å². The van der Waals surface area contributed by atoms with Crippen LogP contribution in [0.4, 0.5) is 0 Å². The van der Waals surface area contributed by atoms with E-state index in [0.29, 0.717) is 29.4 Å². The van der Waals surface area contributed by atoms with Crippen LogP contribution in [0.1, 0.15) is 30.9 Å². The van der Waals surface area contributed by atoms with Crippen LogP contribution >= 0.6 is 0 Å². The second-order valence-electron chi connectivity index (χ2n) is 9.91. The number of nitriles is 1. The minimum atomic E-state index is -4.40. The Hall–Kier alpha value is -4.27. The van der Waals surface area contributed by atoms with Crippen molar-refractivity contribution >= 4 is 38.4 Å². The molecule has 1 aliphatic rings. The van der Waals surface area contributed by atoms with Crippen LogP contribution in [0.25, 0.3) is 10.8 Å². The first-order valence-corrected chi connectivity index (χ1v) is 14.9. The molecule has 1 fully saturated rings. The molecule has 0 aromatic heterocycles. The molecule has 2 amide bonds. The monoisotopic (exact) mass is 576 g/mol. The smallest absolute Gasteiger partial charge is 0.309 e. The molecule has 0 radical (unpaired) electrons. The molecule has 0 saturated carbocycles. The van der Waals surface area contributed by atoms with E-state index in [2.05, 4.69) is 5.32 Å². The maximum absolute atomic E-state index is 13.9. The Morgan fingerprint density at radius 3 is 2.34 bits per heavy atom. The summed E-state index contributed by atoms with van der Waals surface area (Å²) in [5, 5.41) is 11.0. The van der Waals surface area contributed by atoms with Crippen LogP contribution < -0.4 is 11.1 Å². The van der Waals surface area contributed by atoms with Crippen molar-refractivity contribution in [2.75, 3.05) is 19.7 Å². The number of likely N-dealkylation sites (tertiary alicyclic amines) is 1. The lowest BCUT2D eigenvalue weighted by atomic mass is 9.97. The van der Waals surface area contributed by atoms with Crippen LogP contribution in [0.2, 0.25) is 0 Å². The van der Waals surface area contributed by atoms with E-state index < -0.39 is 33.1 Å². The van der Waals surface area contributed by atoms with E-state index in [1.165, 1.54) is 17.0 Å². The third-order valence-electron chi connectivity index (χ3n) is 7.16. The molecule has 0 bridgehead atoms. The molecular weight excluding hydrogens is 544 g/mol. The maximum Gasteiger partial charge on any atom is 0.309 e. The number of nitrogens with two attached hydrogens (primary N) is 1. The highest BCUT2D eigenvalue weighted by Gasteiger charge is 2.40. The zero-order chi connectivity index (χ0) is 29.6. The molecular formula is C30H32N4O6S. The fraction of sp³-hybridized carbons (Fsp3) is 0.333. The first kappa shape index (κ1) is 29.7. The van der Waals surface area contributed by atoms with Crippen LogP contribution in [0.3, 0.4) is 0 Å². The summed E-state index contributed by atoms with van der Waals surface area (Å²) in [6.45, 7) is 2.24. The van der Waals surface area contributed by atoms with Gasteiger partial charge in [-0.25, -0.2) is 8.42 Å². The molecule has 4 rings (SSSR count). The predicted molar refractivity (Wildman–Crippen MR) is 152 cm³/mol. The first-order valence-electron chi connectivity index (χ1n) is 13.4. The zero-order valence-electron chi connectivity index (χ0n) is 22.7. The number of sulfone groups is 1. The Bertz CT molecular complexity index is 1570. The van der Waals surface area contributed by atoms with Crippen molar-refractivity contribution in [2.24, 2.45) is 11.7 Å². The minimum absolute atomic E-state index is 0.0689. The van der Waals surface area contributed by atoms with Crippen molar-refractivity contribution in [2.45, 2.75) is 42.5 Å². The van der Waals surface area contributed by atoms with Gasteiger partial charge >= 0.3 is 5.97 Å². The van der Waals surface area contributed by atoms with Gasteiger partial charge in [0.05, 0.1) is 35.1 Å². The first-order chi connectivity index (χ1) is 19.6. The second kappa shape index (κ2) is 12.9. The van der Waals surface area contributed by atoms with Gasteiger partial charge in [0.2, 0.25) is 21.1 Å². The van der Waals surface area contributed by atoms with Gasteiger partial charge < -0.3 is 20.7 Å². The number of carbonyl (C=O) groups is 3. The number of carbonyl (C=O) groups excluding carboxylic acids is 3. The molecule has 214 valence electrons. The van der Waals surface area contributed by atoms with Gasteiger partial charge in [-0.1, -0.05) is 42.5 Å². The number of esters is 1. The van der Waals surface area contributed by atoms with E-state index in [1.807, 2.05) is 18.2 Å². The fourth-order valence-corrected chi connectivity index (χ4v) is 6.32. The number of rotatable bonds is 9. The zero-order valence-corrected chi connectivity index (χ0v) is 23.5. The van der Waals surface area contributed by atoms with Crippen LogP contribution in [0, 0.1) is 17.2 Å². The van der Waals surface area contributed by atoms with Crippen molar-refractivity contribution in [1.29, 1.82) is 5.26 Å². The number of hydrogen-bond acceptors (Lipinski definition) is 8. The second-order valence-corrected chi connectivity index (χ2v) is 11.9. The quantitative estimate of drug-likeness (QED) is 0.367. The highest BCUT2D eigenvalue weighted by molar-refractivity contribution is 7.92. The molecule has 10 nitrogen and oxygen atoms in total. The maximum atomic E-state index is 13.9. The van der Waals surface area contributed by atoms with Crippen LogP contribution in [-0.4, -0.2) is 62.2 Å². The molecule has 1 unspecified atom stereocenters. The SMILES string of the molecule is CCOC(=O)C1CCN(C(=O)C(NC(=O)[C@@H](N)Cc2ccc(C#N)cc2)S(=O)(=O)c2ccc3ccccc3c2)CC1. The van der Waals surface area contributed by atoms with Crippen molar-refractivity contribution < 1.29 is 27.5 Å².